The Hall–Kier alpha value is -1.40. The first-order chi connectivity index (χ1) is 8.63. The van der Waals surface area contributed by atoms with Crippen LogP contribution in [0.15, 0.2) is 24.5 Å². The molecule has 1 fully saturated rings. The highest BCUT2D eigenvalue weighted by molar-refractivity contribution is 5.11. The van der Waals surface area contributed by atoms with Crippen molar-refractivity contribution in [1.82, 2.24) is 9.88 Å². The average molecular weight is 243 g/mol. The van der Waals surface area contributed by atoms with Crippen molar-refractivity contribution in [3.63, 3.8) is 0 Å². The van der Waals surface area contributed by atoms with E-state index in [4.69, 9.17) is 0 Å². The molecule has 1 aromatic rings. The molecule has 0 aromatic carbocycles. The molecule has 0 unspecified atom stereocenters. The molecule has 1 aromatic heterocycles. The minimum Gasteiger partial charge on any atom is -0.287 e. The van der Waals surface area contributed by atoms with Gasteiger partial charge in [0.05, 0.1) is 6.07 Å². The Morgan fingerprint density at radius 1 is 1.44 bits per heavy atom. The van der Waals surface area contributed by atoms with Crippen LogP contribution >= 0.6 is 0 Å². The van der Waals surface area contributed by atoms with Gasteiger partial charge in [0.25, 0.3) is 0 Å². The third kappa shape index (κ3) is 2.88. The summed E-state index contributed by atoms with van der Waals surface area (Å²) in [4.78, 5) is 6.37. The highest BCUT2D eigenvalue weighted by Crippen LogP contribution is 2.34. The third-order valence-corrected chi connectivity index (χ3v) is 3.93. The third-order valence-electron chi connectivity index (χ3n) is 3.93. The van der Waals surface area contributed by atoms with Gasteiger partial charge >= 0.3 is 0 Å². The number of hydrogen-bond donors (Lipinski definition) is 0. The Balaban J connectivity index is 1.98. The van der Waals surface area contributed by atoms with Gasteiger partial charge in [-0.1, -0.05) is 13.8 Å². The number of hydrogen-bond acceptors (Lipinski definition) is 3. The lowest BCUT2D eigenvalue weighted by atomic mass is 9.77. The molecule has 96 valence electrons. The molecule has 0 bridgehead atoms. The number of nitrogens with zero attached hydrogens (tertiary/aromatic N) is 3. The molecule has 3 heteroatoms. The molecule has 18 heavy (non-hydrogen) atoms. The van der Waals surface area contributed by atoms with Gasteiger partial charge in [0, 0.05) is 18.9 Å². The van der Waals surface area contributed by atoms with E-state index in [1.807, 2.05) is 12.4 Å². The van der Waals surface area contributed by atoms with E-state index in [9.17, 15) is 5.26 Å². The Morgan fingerprint density at radius 2 is 2.17 bits per heavy atom. The van der Waals surface area contributed by atoms with Crippen LogP contribution in [0.3, 0.4) is 0 Å². The van der Waals surface area contributed by atoms with Crippen LogP contribution < -0.4 is 0 Å². The number of pyridine rings is 1. The van der Waals surface area contributed by atoms with Crippen molar-refractivity contribution in [2.45, 2.75) is 39.2 Å². The van der Waals surface area contributed by atoms with Gasteiger partial charge in [-0.15, -0.1) is 0 Å². The minimum absolute atomic E-state index is 0.0492. The molecule has 3 nitrogen and oxygen atoms in total. The molecule has 1 aliphatic rings. The average Bonchev–Trinajstić information content (AvgIpc) is 2.36. The lowest BCUT2D eigenvalue weighted by Crippen LogP contribution is -2.49. The fourth-order valence-electron chi connectivity index (χ4n) is 2.82. The first kappa shape index (κ1) is 13.0. The summed E-state index contributed by atoms with van der Waals surface area (Å²) in [5.74, 6) is 0. The molecule has 0 saturated carbocycles. The molecule has 1 aliphatic heterocycles. The largest absolute Gasteiger partial charge is 0.287 e. The number of rotatable bonds is 3. The molecular formula is C15H21N3. The maximum atomic E-state index is 9.39. The fourth-order valence-corrected chi connectivity index (χ4v) is 2.82. The molecule has 0 amide bonds. The molecule has 0 radical (unpaired) electrons. The SMILES string of the molecule is CC1(C)CCCN(CCc2ccncc2)[C@H]1C#N. The smallest absolute Gasteiger partial charge is 0.103 e. The zero-order chi connectivity index (χ0) is 13.0. The van der Waals surface area contributed by atoms with Gasteiger partial charge in [0.1, 0.15) is 6.04 Å². The van der Waals surface area contributed by atoms with Gasteiger partial charge in [-0.25, -0.2) is 0 Å². The van der Waals surface area contributed by atoms with E-state index in [1.165, 1.54) is 12.0 Å². The first-order valence-corrected chi connectivity index (χ1v) is 6.66. The van der Waals surface area contributed by atoms with E-state index in [0.29, 0.717) is 0 Å². The summed E-state index contributed by atoms with van der Waals surface area (Å²) in [5.41, 5.74) is 1.41. The van der Waals surface area contributed by atoms with Crippen molar-refractivity contribution in [2.24, 2.45) is 5.41 Å². The van der Waals surface area contributed by atoms with E-state index in [-0.39, 0.29) is 11.5 Å². The van der Waals surface area contributed by atoms with Crippen molar-refractivity contribution in [2.75, 3.05) is 13.1 Å². The summed E-state index contributed by atoms with van der Waals surface area (Å²) in [7, 11) is 0. The van der Waals surface area contributed by atoms with Crippen LogP contribution in [0.2, 0.25) is 0 Å². The van der Waals surface area contributed by atoms with Crippen LogP contribution in [0.5, 0.6) is 0 Å². The second kappa shape index (κ2) is 5.49. The number of piperidine rings is 1. The zero-order valence-corrected chi connectivity index (χ0v) is 11.3. The number of nitriles is 1. The van der Waals surface area contributed by atoms with Crippen molar-refractivity contribution >= 4 is 0 Å². The molecule has 0 N–H and O–H groups in total. The van der Waals surface area contributed by atoms with Crippen molar-refractivity contribution in [3.8, 4) is 6.07 Å². The second-order valence-corrected chi connectivity index (χ2v) is 5.77. The Kier molecular flexibility index (Phi) is 3.98. The maximum Gasteiger partial charge on any atom is 0.103 e. The van der Waals surface area contributed by atoms with E-state index in [0.717, 1.165) is 25.9 Å². The normalized spacial score (nSPS) is 23.5. The topological polar surface area (TPSA) is 39.9 Å². The highest BCUT2D eigenvalue weighted by atomic mass is 15.2. The Morgan fingerprint density at radius 3 is 2.83 bits per heavy atom. The summed E-state index contributed by atoms with van der Waals surface area (Å²) in [5, 5.41) is 9.39. The predicted octanol–water partition coefficient (Wildman–Crippen LogP) is 2.64. The van der Waals surface area contributed by atoms with E-state index in [2.05, 4.69) is 41.9 Å². The van der Waals surface area contributed by atoms with Gasteiger partial charge < -0.3 is 0 Å². The number of likely N-dealkylation sites (tertiary alicyclic amines) is 1. The van der Waals surface area contributed by atoms with E-state index >= 15 is 0 Å². The zero-order valence-electron chi connectivity index (χ0n) is 11.3. The summed E-state index contributed by atoms with van der Waals surface area (Å²) >= 11 is 0. The van der Waals surface area contributed by atoms with Crippen molar-refractivity contribution in [1.29, 1.82) is 5.26 Å². The fraction of sp³-hybridized carbons (Fsp3) is 0.600. The minimum atomic E-state index is 0.0492. The van der Waals surface area contributed by atoms with Crippen molar-refractivity contribution in [3.05, 3.63) is 30.1 Å². The van der Waals surface area contributed by atoms with E-state index in [1.54, 1.807) is 0 Å². The standard InChI is InChI=1S/C15H21N3/c1-15(2)7-3-10-18(14(15)12-16)11-6-13-4-8-17-9-5-13/h4-5,8-9,14H,3,6-7,10-11H2,1-2H3/t14-/m0/s1. The van der Waals surface area contributed by atoms with Gasteiger partial charge in [-0.05, 0) is 48.9 Å². The van der Waals surface area contributed by atoms with Gasteiger partial charge in [0.15, 0.2) is 0 Å². The van der Waals surface area contributed by atoms with Gasteiger partial charge in [0.2, 0.25) is 0 Å². The Labute approximate surface area is 109 Å². The Bertz CT molecular complexity index is 419. The lowest BCUT2D eigenvalue weighted by Gasteiger charge is -2.42. The lowest BCUT2D eigenvalue weighted by molar-refractivity contribution is 0.0734. The summed E-state index contributed by atoms with van der Waals surface area (Å²) < 4.78 is 0. The molecule has 1 atom stereocenters. The highest BCUT2D eigenvalue weighted by Gasteiger charge is 2.37. The van der Waals surface area contributed by atoms with Crippen LogP contribution in [0.4, 0.5) is 0 Å². The molecule has 2 heterocycles. The molecule has 0 spiro atoms. The molecule has 1 saturated heterocycles. The van der Waals surface area contributed by atoms with Crippen LogP contribution in [0.25, 0.3) is 0 Å². The van der Waals surface area contributed by atoms with Crippen LogP contribution in [-0.2, 0) is 6.42 Å². The molecular weight excluding hydrogens is 222 g/mol. The van der Waals surface area contributed by atoms with E-state index < -0.39 is 0 Å². The van der Waals surface area contributed by atoms with Gasteiger partial charge in [-0.3, -0.25) is 9.88 Å². The maximum absolute atomic E-state index is 9.39. The monoisotopic (exact) mass is 243 g/mol. The summed E-state index contributed by atoms with van der Waals surface area (Å²) in [6.07, 6.45) is 7.00. The van der Waals surface area contributed by atoms with Crippen LogP contribution in [0, 0.1) is 16.7 Å². The molecule has 0 aliphatic carbocycles. The van der Waals surface area contributed by atoms with Gasteiger partial charge in [-0.2, -0.15) is 5.26 Å². The predicted molar refractivity (Wildman–Crippen MR) is 71.9 cm³/mol. The molecule has 2 rings (SSSR count). The second-order valence-electron chi connectivity index (χ2n) is 5.77. The van der Waals surface area contributed by atoms with Crippen LogP contribution in [0.1, 0.15) is 32.3 Å². The quantitative estimate of drug-likeness (QED) is 0.819. The summed E-state index contributed by atoms with van der Waals surface area (Å²) in [6, 6.07) is 6.65. The van der Waals surface area contributed by atoms with Crippen molar-refractivity contribution < 1.29 is 0 Å². The number of aromatic nitrogens is 1. The summed E-state index contributed by atoms with van der Waals surface area (Å²) in [6.45, 7) is 6.43. The first-order valence-electron chi connectivity index (χ1n) is 6.66. The van der Waals surface area contributed by atoms with Crippen LogP contribution in [-0.4, -0.2) is 29.0 Å².